The summed E-state index contributed by atoms with van der Waals surface area (Å²) in [7, 11) is 0. The monoisotopic (exact) mass is 530 g/mol. The minimum Gasteiger partial charge on any atom is -0.386 e. The molecule has 0 saturated carbocycles. The van der Waals surface area contributed by atoms with E-state index >= 15 is 0 Å². The van der Waals surface area contributed by atoms with Gasteiger partial charge in [-0.1, -0.05) is 75.1 Å². The highest BCUT2D eigenvalue weighted by Gasteiger charge is 2.31. The van der Waals surface area contributed by atoms with Gasteiger partial charge in [0.25, 0.3) is 0 Å². The summed E-state index contributed by atoms with van der Waals surface area (Å²) in [6, 6.07) is 0. The molecule has 40 heavy (non-hydrogen) atoms. The molecule has 2 N–H and O–H groups in total. The Morgan fingerprint density at radius 2 is 1.12 bits per heavy atom. The lowest BCUT2D eigenvalue weighted by atomic mass is 9.92. The van der Waals surface area contributed by atoms with Crippen LogP contribution in [0, 0.1) is 5.41 Å². The molecule has 1 unspecified atom stereocenters. The predicted molar refractivity (Wildman–Crippen MR) is 167 cm³/mol. The topological polar surface area (TPSA) is 91.7 Å². The van der Waals surface area contributed by atoms with E-state index in [2.05, 4.69) is 6.58 Å². The van der Waals surface area contributed by atoms with E-state index in [-0.39, 0.29) is 27.1 Å². The van der Waals surface area contributed by atoms with Crippen molar-refractivity contribution in [3.05, 3.63) is 101 Å². The molecule has 4 aromatic carbocycles. The van der Waals surface area contributed by atoms with Gasteiger partial charge in [0, 0.05) is 54.4 Å². The van der Waals surface area contributed by atoms with Gasteiger partial charge in [-0.05, 0) is 49.6 Å². The molecule has 2 aliphatic rings. The molecular weight excluding hydrogens is 500 g/mol. The molecule has 0 radical (unpaired) electrons. The zero-order valence-corrected chi connectivity index (χ0v) is 23.2. The second-order valence-corrected chi connectivity index (χ2v) is 12.3. The van der Waals surface area contributed by atoms with Gasteiger partial charge in [-0.2, -0.15) is 0 Å². The van der Waals surface area contributed by atoms with E-state index in [1.54, 1.807) is 57.2 Å². The third-order valence-electron chi connectivity index (χ3n) is 7.99. The molecule has 1 atom stereocenters. The number of hydrogen-bond donors (Lipinski definition) is 2. The highest BCUT2D eigenvalue weighted by molar-refractivity contribution is 6.33. The van der Waals surface area contributed by atoms with Crippen LogP contribution in [0.1, 0.15) is 68.0 Å². The number of aliphatic hydroxyl groups is 2. The van der Waals surface area contributed by atoms with Crippen molar-refractivity contribution < 1.29 is 10.2 Å². The van der Waals surface area contributed by atoms with Crippen molar-refractivity contribution in [2.24, 2.45) is 5.41 Å². The fourth-order valence-corrected chi connectivity index (χ4v) is 5.97. The number of hydrogen-bond acceptors (Lipinski definition) is 5. The van der Waals surface area contributed by atoms with Crippen LogP contribution in [0.4, 0.5) is 0 Å². The second kappa shape index (κ2) is 8.17. The first kappa shape index (κ1) is 26.1. The van der Waals surface area contributed by atoms with Gasteiger partial charge in [-0.3, -0.25) is 14.4 Å². The molecule has 200 valence electrons. The summed E-state index contributed by atoms with van der Waals surface area (Å²) >= 11 is 0. The highest BCUT2D eigenvalue weighted by Crippen LogP contribution is 2.44. The summed E-state index contributed by atoms with van der Waals surface area (Å²) in [6.45, 7) is 12.8. The maximum atomic E-state index is 14.2. The molecule has 4 aromatic rings. The van der Waals surface area contributed by atoms with Crippen LogP contribution in [0.25, 0.3) is 68.8 Å². The largest absolute Gasteiger partial charge is 0.386 e. The first-order chi connectivity index (χ1) is 18.7. The summed E-state index contributed by atoms with van der Waals surface area (Å²) in [6.07, 6.45) is 18.8. The smallest absolute Gasteiger partial charge is 0.194 e. The predicted octanol–water partition coefficient (Wildman–Crippen LogP) is 5.82. The zero-order chi connectivity index (χ0) is 28.9. The molecule has 0 fully saturated rings. The van der Waals surface area contributed by atoms with Crippen LogP contribution in [0.2, 0.25) is 0 Å². The molecule has 0 amide bonds. The Morgan fingerprint density at radius 1 is 0.675 bits per heavy atom. The van der Waals surface area contributed by atoms with Crippen molar-refractivity contribution in [3.63, 3.8) is 0 Å². The Hall–Kier alpha value is -4.19. The summed E-state index contributed by atoms with van der Waals surface area (Å²) in [4.78, 5) is 42.4. The Morgan fingerprint density at radius 3 is 1.65 bits per heavy atom. The van der Waals surface area contributed by atoms with E-state index in [1.807, 2.05) is 38.2 Å². The average Bonchev–Trinajstić information content (AvgIpc) is 3.29. The Labute approximate surface area is 231 Å². The van der Waals surface area contributed by atoms with E-state index in [9.17, 15) is 24.6 Å². The molecule has 0 aliphatic heterocycles. The normalized spacial score (nSPS) is 20.1. The molecule has 5 nitrogen and oxygen atoms in total. The van der Waals surface area contributed by atoms with Crippen LogP contribution in [0.3, 0.4) is 0 Å². The Bertz CT molecular complexity index is 2040. The first-order valence-electron chi connectivity index (χ1n) is 13.3. The first-order valence-corrected chi connectivity index (χ1v) is 13.3. The minimum atomic E-state index is -1.27. The lowest BCUT2D eigenvalue weighted by Crippen LogP contribution is -2.15. The van der Waals surface area contributed by atoms with Gasteiger partial charge in [0.2, 0.25) is 0 Å². The van der Waals surface area contributed by atoms with Crippen LogP contribution in [-0.2, 0) is 0 Å². The summed E-state index contributed by atoms with van der Waals surface area (Å²) in [5, 5.41) is 23.5. The fourth-order valence-electron chi connectivity index (χ4n) is 5.97. The lowest BCUT2D eigenvalue weighted by molar-refractivity contribution is 0.134. The van der Waals surface area contributed by atoms with Crippen molar-refractivity contribution in [3.8, 4) is 0 Å². The van der Waals surface area contributed by atoms with Crippen LogP contribution >= 0.6 is 0 Å². The van der Waals surface area contributed by atoms with E-state index < -0.39 is 11.2 Å². The second-order valence-electron chi connectivity index (χ2n) is 12.3. The number of allylic oxidation sites excluding steroid dienone is 2. The van der Waals surface area contributed by atoms with Crippen molar-refractivity contribution in [1.82, 2.24) is 0 Å². The van der Waals surface area contributed by atoms with Gasteiger partial charge < -0.3 is 10.2 Å². The zero-order valence-electron chi connectivity index (χ0n) is 23.2. The third-order valence-corrected chi connectivity index (χ3v) is 7.99. The lowest BCUT2D eigenvalue weighted by Gasteiger charge is -2.12. The highest BCUT2D eigenvalue weighted by atomic mass is 16.3. The van der Waals surface area contributed by atoms with E-state index in [0.29, 0.717) is 60.3 Å². The number of benzene rings is 1. The van der Waals surface area contributed by atoms with Gasteiger partial charge in [-0.25, -0.2) is 0 Å². The van der Waals surface area contributed by atoms with Crippen LogP contribution in [0.5, 0.6) is 0 Å². The fraction of sp³-hybridized carbons (Fsp3) is 0.229. The van der Waals surface area contributed by atoms with Crippen LogP contribution in [0.15, 0.2) is 51.3 Å². The number of rotatable bonds is 3. The Kier molecular flexibility index (Phi) is 5.32. The maximum absolute atomic E-state index is 14.2. The summed E-state index contributed by atoms with van der Waals surface area (Å²) < 4.78 is 0. The molecule has 0 aromatic heterocycles. The van der Waals surface area contributed by atoms with Gasteiger partial charge in [0.15, 0.2) is 16.3 Å². The third kappa shape index (κ3) is 3.65. The Balaban J connectivity index is 1.97. The van der Waals surface area contributed by atoms with Gasteiger partial charge in [0.05, 0.1) is 11.2 Å². The summed E-state index contributed by atoms with van der Waals surface area (Å²) in [5.41, 5.74) is -0.817. The molecule has 0 saturated heterocycles. The van der Waals surface area contributed by atoms with E-state index in [0.717, 1.165) is 0 Å². The molecule has 5 heteroatoms. The van der Waals surface area contributed by atoms with Crippen molar-refractivity contribution >= 4 is 68.8 Å². The molecular formula is C35H30O5. The number of fused-ring (bicyclic) bond motifs is 10. The average molecular weight is 531 g/mol. The summed E-state index contributed by atoms with van der Waals surface area (Å²) in [5.74, 6) is 0. The van der Waals surface area contributed by atoms with Crippen molar-refractivity contribution in [2.45, 2.75) is 45.8 Å². The molecule has 0 bridgehead atoms. The van der Waals surface area contributed by atoms with Gasteiger partial charge >= 0.3 is 0 Å². The standard InChI is InChI=1S/C35H30O5/c1-7-18-19(10-15-34(4,5)39)24-27(30(18)36)25-20-8-13-33(2,3)14-9-22(20)31(37)29(25)26-21-11-16-35(6,40)17-12-23(21)32(38)28(24)26/h7-17,39-40H,1H2,2-6H3/b15-10-. The van der Waals surface area contributed by atoms with Gasteiger partial charge in [0.1, 0.15) is 0 Å². The SMILES string of the molecule is C=Cc1c(/C=C\C(C)(C)O)c2c3c(=O)c4c(c3c3c(=O)c5c(c3c2c1=O)C=CC(C)(C)C=C5)C=CC(C)(O)C=C4. The molecule has 6 rings (SSSR count). The van der Waals surface area contributed by atoms with Crippen molar-refractivity contribution in [2.75, 3.05) is 0 Å². The quantitative estimate of drug-likeness (QED) is 0.348. The molecule has 0 spiro atoms. The molecule has 0 heterocycles. The molecule has 2 aliphatic carbocycles. The van der Waals surface area contributed by atoms with E-state index in [4.69, 9.17) is 0 Å². The van der Waals surface area contributed by atoms with Crippen LogP contribution < -0.4 is 16.3 Å². The minimum absolute atomic E-state index is 0.244. The van der Waals surface area contributed by atoms with Gasteiger partial charge in [-0.15, -0.1) is 0 Å². The van der Waals surface area contributed by atoms with Crippen LogP contribution in [-0.4, -0.2) is 21.4 Å². The van der Waals surface area contributed by atoms with E-state index in [1.165, 1.54) is 6.08 Å². The van der Waals surface area contributed by atoms with Crippen molar-refractivity contribution in [1.29, 1.82) is 0 Å². The maximum Gasteiger partial charge on any atom is 0.194 e.